The van der Waals surface area contributed by atoms with Crippen LogP contribution in [0.3, 0.4) is 0 Å². The van der Waals surface area contributed by atoms with Crippen molar-refractivity contribution in [2.75, 3.05) is 0 Å². The van der Waals surface area contributed by atoms with Crippen LogP contribution in [-0.4, -0.2) is 5.92 Å². The van der Waals surface area contributed by atoms with E-state index in [1.807, 2.05) is 0 Å². The minimum absolute atomic E-state index is 0.144. The van der Waals surface area contributed by atoms with E-state index in [9.17, 15) is 8.78 Å². The van der Waals surface area contributed by atoms with Gasteiger partial charge in [-0.25, -0.2) is 8.78 Å². The molecular weight excluding hydrogens is 134 g/mol. The Balaban J connectivity index is 2.16. The third kappa shape index (κ3) is 0.444. The van der Waals surface area contributed by atoms with Crippen molar-refractivity contribution in [3.8, 4) is 0 Å². The summed E-state index contributed by atoms with van der Waals surface area (Å²) in [6, 6.07) is 0. The normalized spacial score (nSPS) is 56.4. The summed E-state index contributed by atoms with van der Waals surface area (Å²) in [5.41, 5.74) is -0.605. The second-order valence-electron chi connectivity index (χ2n) is 4.11. The summed E-state index contributed by atoms with van der Waals surface area (Å²) < 4.78 is 25.6. The molecule has 0 amide bonds. The molecule has 2 aliphatic carbocycles. The van der Waals surface area contributed by atoms with E-state index in [0.29, 0.717) is 11.8 Å². The van der Waals surface area contributed by atoms with Crippen LogP contribution in [0.5, 0.6) is 0 Å². The monoisotopic (exact) mass is 146 g/mol. The Morgan fingerprint density at radius 3 is 2.00 bits per heavy atom. The minimum Gasteiger partial charge on any atom is -0.206 e. The van der Waals surface area contributed by atoms with E-state index in [1.165, 1.54) is 0 Å². The van der Waals surface area contributed by atoms with Crippen LogP contribution >= 0.6 is 0 Å². The Labute approximate surface area is 59.6 Å². The van der Waals surface area contributed by atoms with Gasteiger partial charge in [0.2, 0.25) is 0 Å². The van der Waals surface area contributed by atoms with E-state index >= 15 is 0 Å². The van der Waals surface area contributed by atoms with E-state index in [4.69, 9.17) is 0 Å². The molecule has 0 N–H and O–H groups in total. The first kappa shape index (κ1) is 6.56. The molecule has 0 aromatic rings. The molecule has 0 spiro atoms. The zero-order valence-electron chi connectivity index (χ0n) is 6.32. The van der Waals surface area contributed by atoms with Gasteiger partial charge in [0.25, 0.3) is 5.92 Å². The Morgan fingerprint density at radius 2 is 1.90 bits per heavy atom. The van der Waals surface area contributed by atoms with E-state index in [-0.39, 0.29) is 6.42 Å². The van der Waals surface area contributed by atoms with Crippen molar-refractivity contribution in [3.05, 3.63) is 0 Å². The fraction of sp³-hybridized carbons (Fsp3) is 1.00. The van der Waals surface area contributed by atoms with Gasteiger partial charge < -0.3 is 0 Å². The first-order valence-electron chi connectivity index (χ1n) is 3.85. The SMILES string of the molecule is CC1CC2(C)C1CC2(F)F. The molecule has 0 nitrogen and oxygen atoms in total. The molecule has 0 saturated heterocycles. The molecule has 0 heterocycles. The second-order valence-corrected chi connectivity index (χ2v) is 4.11. The summed E-state index contributed by atoms with van der Waals surface area (Å²) in [6.45, 7) is 3.79. The van der Waals surface area contributed by atoms with Gasteiger partial charge in [-0.05, 0) is 18.3 Å². The number of hydrogen-bond donors (Lipinski definition) is 0. The Morgan fingerprint density at radius 1 is 1.30 bits per heavy atom. The van der Waals surface area contributed by atoms with Gasteiger partial charge in [0.05, 0.1) is 0 Å². The Kier molecular flexibility index (Phi) is 0.911. The van der Waals surface area contributed by atoms with Crippen molar-refractivity contribution in [1.29, 1.82) is 0 Å². The lowest BCUT2D eigenvalue weighted by atomic mass is 9.42. The van der Waals surface area contributed by atoms with E-state index in [2.05, 4.69) is 6.92 Å². The van der Waals surface area contributed by atoms with Crippen LogP contribution in [0.1, 0.15) is 26.7 Å². The number of hydrogen-bond acceptors (Lipinski definition) is 0. The molecule has 0 aromatic carbocycles. The lowest BCUT2D eigenvalue weighted by Gasteiger charge is -2.65. The highest BCUT2D eigenvalue weighted by Gasteiger charge is 2.72. The molecule has 10 heavy (non-hydrogen) atoms. The van der Waals surface area contributed by atoms with Gasteiger partial charge in [0.15, 0.2) is 0 Å². The van der Waals surface area contributed by atoms with Gasteiger partial charge in [-0.3, -0.25) is 0 Å². The number of alkyl halides is 2. The maximum atomic E-state index is 12.8. The summed E-state index contributed by atoms with van der Waals surface area (Å²) in [7, 11) is 0. The highest BCUT2D eigenvalue weighted by atomic mass is 19.3. The first-order chi connectivity index (χ1) is 4.47. The molecule has 0 radical (unpaired) electrons. The van der Waals surface area contributed by atoms with E-state index in [0.717, 1.165) is 6.42 Å². The van der Waals surface area contributed by atoms with Crippen LogP contribution in [0.4, 0.5) is 8.78 Å². The quantitative estimate of drug-likeness (QED) is 0.493. The van der Waals surface area contributed by atoms with Gasteiger partial charge in [-0.1, -0.05) is 13.8 Å². The van der Waals surface area contributed by atoms with Gasteiger partial charge in [0, 0.05) is 11.8 Å². The summed E-state index contributed by atoms with van der Waals surface area (Å²) in [5.74, 6) is -1.48. The Hall–Kier alpha value is -0.140. The van der Waals surface area contributed by atoms with Crippen molar-refractivity contribution >= 4 is 0 Å². The van der Waals surface area contributed by atoms with Gasteiger partial charge in [-0.15, -0.1) is 0 Å². The summed E-state index contributed by atoms with van der Waals surface area (Å²) >= 11 is 0. The van der Waals surface area contributed by atoms with E-state index < -0.39 is 11.3 Å². The third-order valence-electron chi connectivity index (χ3n) is 3.56. The van der Waals surface area contributed by atoms with Crippen molar-refractivity contribution in [2.24, 2.45) is 17.3 Å². The molecule has 3 unspecified atom stereocenters. The summed E-state index contributed by atoms with van der Waals surface area (Å²) in [6.07, 6.45) is 0.870. The smallest absolute Gasteiger partial charge is 0.206 e. The average Bonchev–Trinajstić information content (AvgIpc) is 1.84. The van der Waals surface area contributed by atoms with E-state index in [1.54, 1.807) is 6.92 Å². The predicted molar refractivity (Wildman–Crippen MR) is 34.9 cm³/mol. The second kappa shape index (κ2) is 1.39. The molecule has 2 aliphatic rings. The largest absolute Gasteiger partial charge is 0.253 e. The molecule has 0 aliphatic heterocycles. The van der Waals surface area contributed by atoms with Crippen LogP contribution in [0.2, 0.25) is 0 Å². The van der Waals surface area contributed by atoms with Crippen LogP contribution < -0.4 is 0 Å². The number of fused-ring (bicyclic) bond motifs is 1. The minimum atomic E-state index is -2.34. The van der Waals surface area contributed by atoms with Crippen molar-refractivity contribution in [2.45, 2.75) is 32.6 Å². The Bertz CT molecular complexity index is 176. The molecule has 0 aromatic heterocycles. The highest BCUT2D eigenvalue weighted by molar-refractivity contribution is 5.14. The fourth-order valence-electron chi connectivity index (χ4n) is 2.66. The lowest BCUT2D eigenvalue weighted by molar-refractivity contribution is -0.307. The zero-order chi connectivity index (χ0) is 7.57. The maximum Gasteiger partial charge on any atom is 0.253 e. The highest BCUT2D eigenvalue weighted by Crippen LogP contribution is 2.71. The van der Waals surface area contributed by atoms with Crippen molar-refractivity contribution in [1.82, 2.24) is 0 Å². The van der Waals surface area contributed by atoms with Gasteiger partial charge in [0.1, 0.15) is 0 Å². The average molecular weight is 146 g/mol. The number of halogens is 2. The van der Waals surface area contributed by atoms with Crippen LogP contribution in [-0.2, 0) is 0 Å². The van der Waals surface area contributed by atoms with Crippen molar-refractivity contribution < 1.29 is 8.78 Å². The van der Waals surface area contributed by atoms with Gasteiger partial charge in [-0.2, -0.15) is 0 Å². The van der Waals surface area contributed by atoms with Gasteiger partial charge >= 0.3 is 0 Å². The van der Waals surface area contributed by atoms with Crippen LogP contribution in [0, 0.1) is 17.3 Å². The third-order valence-corrected chi connectivity index (χ3v) is 3.56. The standard InChI is InChI=1S/C8H12F2/c1-5-3-7(2)6(5)4-8(7,9)10/h5-6H,3-4H2,1-2H3. The molecule has 2 fully saturated rings. The predicted octanol–water partition coefficient (Wildman–Crippen LogP) is 2.69. The molecule has 2 rings (SSSR count). The molecule has 3 atom stereocenters. The first-order valence-corrected chi connectivity index (χ1v) is 3.85. The zero-order valence-corrected chi connectivity index (χ0v) is 6.32. The molecule has 0 bridgehead atoms. The molecular formula is C8H12F2. The summed E-state index contributed by atoms with van der Waals surface area (Å²) in [4.78, 5) is 0. The summed E-state index contributed by atoms with van der Waals surface area (Å²) in [5, 5.41) is 0. The fourth-order valence-corrected chi connectivity index (χ4v) is 2.66. The molecule has 58 valence electrons. The lowest BCUT2D eigenvalue weighted by Crippen LogP contribution is -2.66. The van der Waals surface area contributed by atoms with Crippen LogP contribution in [0.15, 0.2) is 0 Å². The maximum absolute atomic E-state index is 12.8. The number of rotatable bonds is 0. The topological polar surface area (TPSA) is 0 Å². The molecule has 2 saturated carbocycles. The molecule has 2 heteroatoms. The van der Waals surface area contributed by atoms with Crippen molar-refractivity contribution in [3.63, 3.8) is 0 Å². The van der Waals surface area contributed by atoms with Crippen LogP contribution in [0.25, 0.3) is 0 Å².